The molecule has 2 fully saturated rings. The second kappa shape index (κ2) is 5.33. The zero-order valence-corrected chi connectivity index (χ0v) is 10.6. The molecule has 98 valence electrons. The van der Waals surface area contributed by atoms with Crippen molar-refractivity contribution in [3.63, 3.8) is 0 Å². The Kier molecular flexibility index (Phi) is 4.01. The number of aliphatic hydroxyl groups is 1. The lowest BCUT2D eigenvalue weighted by atomic mass is 9.89. The van der Waals surface area contributed by atoms with Crippen LogP contribution in [-0.4, -0.2) is 72.2 Å². The van der Waals surface area contributed by atoms with Crippen molar-refractivity contribution in [2.45, 2.75) is 25.4 Å². The number of carbonyl (C=O) groups is 1. The Balaban J connectivity index is 1.93. The van der Waals surface area contributed by atoms with E-state index >= 15 is 0 Å². The van der Waals surface area contributed by atoms with Crippen LogP contribution in [0.25, 0.3) is 0 Å². The minimum atomic E-state index is -1.11. The molecule has 0 aromatic carbocycles. The molecule has 2 saturated heterocycles. The highest BCUT2D eigenvalue weighted by Gasteiger charge is 2.41. The monoisotopic (exact) mass is 241 g/mol. The van der Waals surface area contributed by atoms with Crippen molar-refractivity contribution in [3.05, 3.63) is 0 Å². The maximum Gasteiger partial charge on any atom is 0.254 e. The standard InChI is InChI=1S/C12H23N3O2/c1-2-14-7-3-12(17,4-8-14)11(16)15-9-5-13-6-10-15/h13,17H,2-10H2,1H3. The molecule has 5 heteroatoms. The summed E-state index contributed by atoms with van der Waals surface area (Å²) in [4.78, 5) is 16.4. The van der Waals surface area contributed by atoms with Crippen molar-refractivity contribution < 1.29 is 9.90 Å². The number of hydrogen-bond acceptors (Lipinski definition) is 4. The van der Waals surface area contributed by atoms with Gasteiger partial charge in [0.25, 0.3) is 5.91 Å². The van der Waals surface area contributed by atoms with Gasteiger partial charge < -0.3 is 20.2 Å². The van der Waals surface area contributed by atoms with Gasteiger partial charge in [0.2, 0.25) is 0 Å². The summed E-state index contributed by atoms with van der Waals surface area (Å²) >= 11 is 0. The molecule has 2 aliphatic rings. The Morgan fingerprint density at radius 2 is 1.82 bits per heavy atom. The Morgan fingerprint density at radius 3 is 2.35 bits per heavy atom. The van der Waals surface area contributed by atoms with E-state index in [4.69, 9.17) is 0 Å². The number of rotatable bonds is 2. The van der Waals surface area contributed by atoms with Crippen LogP contribution < -0.4 is 5.32 Å². The molecule has 2 N–H and O–H groups in total. The van der Waals surface area contributed by atoms with E-state index in [0.29, 0.717) is 12.8 Å². The minimum absolute atomic E-state index is 0.0604. The first kappa shape index (κ1) is 12.8. The normalized spacial score (nSPS) is 25.9. The van der Waals surface area contributed by atoms with E-state index in [1.807, 2.05) is 0 Å². The molecule has 5 nitrogen and oxygen atoms in total. The lowest BCUT2D eigenvalue weighted by molar-refractivity contribution is -0.156. The first-order valence-corrected chi connectivity index (χ1v) is 6.60. The maximum atomic E-state index is 12.3. The number of piperazine rings is 1. The van der Waals surface area contributed by atoms with Crippen LogP contribution in [0.15, 0.2) is 0 Å². The third-order valence-corrected chi connectivity index (χ3v) is 3.93. The molecule has 0 bridgehead atoms. The van der Waals surface area contributed by atoms with Gasteiger partial charge in [0.05, 0.1) is 0 Å². The average molecular weight is 241 g/mol. The van der Waals surface area contributed by atoms with E-state index < -0.39 is 5.60 Å². The van der Waals surface area contributed by atoms with Gasteiger partial charge in [-0.1, -0.05) is 6.92 Å². The molecule has 2 heterocycles. The summed E-state index contributed by atoms with van der Waals surface area (Å²) in [6.45, 7) is 7.87. The van der Waals surface area contributed by atoms with E-state index in [1.165, 1.54) is 0 Å². The summed E-state index contributed by atoms with van der Waals surface area (Å²) in [5, 5.41) is 13.7. The van der Waals surface area contributed by atoms with Crippen LogP contribution in [-0.2, 0) is 4.79 Å². The zero-order valence-electron chi connectivity index (χ0n) is 10.6. The van der Waals surface area contributed by atoms with Gasteiger partial charge in [0, 0.05) is 39.3 Å². The Hall–Kier alpha value is -0.650. The van der Waals surface area contributed by atoms with Crippen LogP contribution in [0.1, 0.15) is 19.8 Å². The molecule has 0 aliphatic carbocycles. The molecule has 0 radical (unpaired) electrons. The van der Waals surface area contributed by atoms with Crippen molar-refractivity contribution in [2.24, 2.45) is 0 Å². The topological polar surface area (TPSA) is 55.8 Å². The molecule has 2 aliphatic heterocycles. The van der Waals surface area contributed by atoms with Gasteiger partial charge >= 0.3 is 0 Å². The highest BCUT2D eigenvalue weighted by molar-refractivity contribution is 5.85. The summed E-state index contributed by atoms with van der Waals surface area (Å²) in [7, 11) is 0. The number of likely N-dealkylation sites (tertiary alicyclic amines) is 1. The first-order chi connectivity index (χ1) is 8.15. The second-order valence-corrected chi connectivity index (χ2v) is 5.01. The van der Waals surface area contributed by atoms with Gasteiger partial charge in [-0.25, -0.2) is 0 Å². The molecule has 0 spiro atoms. The Labute approximate surface area is 103 Å². The van der Waals surface area contributed by atoms with Crippen LogP contribution in [0.4, 0.5) is 0 Å². The number of nitrogens with zero attached hydrogens (tertiary/aromatic N) is 2. The Morgan fingerprint density at radius 1 is 1.24 bits per heavy atom. The van der Waals surface area contributed by atoms with E-state index in [-0.39, 0.29) is 5.91 Å². The number of hydrogen-bond donors (Lipinski definition) is 2. The molecule has 2 rings (SSSR count). The third-order valence-electron chi connectivity index (χ3n) is 3.93. The number of nitrogens with one attached hydrogen (secondary N) is 1. The lowest BCUT2D eigenvalue weighted by Crippen LogP contribution is -2.58. The fourth-order valence-electron chi connectivity index (χ4n) is 2.62. The van der Waals surface area contributed by atoms with Crippen molar-refractivity contribution in [3.8, 4) is 0 Å². The molecule has 17 heavy (non-hydrogen) atoms. The van der Waals surface area contributed by atoms with Crippen molar-refractivity contribution in [1.29, 1.82) is 0 Å². The molecule has 0 aromatic rings. The second-order valence-electron chi connectivity index (χ2n) is 5.01. The molecular formula is C12H23N3O2. The lowest BCUT2D eigenvalue weighted by Gasteiger charge is -2.40. The maximum absolute atomic E-state index is 12.3. The van der Waals surface area contributed by atoms with Crippen molar-refractivity contribution in [2.75, 3.05) is 45.8 Å². The molecule has 0 atom stereocenters. The van der Waals surface area contributed by atoms with E-state index in [2.05, 4.69) is 17.1 Å². The SMILES string of the molecule is CCN1CCC(O)(C(=O)N2CCNCC2)CC1. The quantitative estimate of drug-likeness (QED) is 0.669. The number of amides is 1. The fraction of sp³-hybridized carbons (Fsp3) is 0.917. The smallest absolute Gasteiger partial charge is 0.254 e. The summed E-state index contributed by atoms with van der Waals surface area (Å²) in [5.41, 5.74) is -1.11. The highest BCUT2D eigenvalue weighted by Crippen LogP contribution is 2.24. The Bertz CT molecular complexity index is 269. The average Bonchev–Trinajstić information content (AvgIpc) is 2.40. The van der Waals surface area contributed by atoms with Gasteiger partial charge in [-0.3, -0.25) is 4.79 Å². The van der Waals surface area contributed by atoms with E-state index in [1.54, 1.807) is 4.90 Å². The van der Waals surface area contributed by atoms with Gasteiger partial charge in [-0.05, 0) is 19.4 Å². The molecule has 1 amide bonds. The van der Waals surface area contributed by atoms with Crippen LogP contribution in [0, 0.1) is 0 Å². The first-order valence-electron chi connectivity index (χ1n) is 6.60. The highest BCUT2D eigenvalue weighted by atomic mass is 16.3. The predicted molar refractivity (Wildman–Crippen MR) is 65.7 cm³/mol. The summed E-state index contributed by atoms with van der Waals surface area (Å²) in [6.07, 6.45) is 1.15. The summed E-state index contributed by atoms with van der Waals surface area (Å²) in [5.74, 6) is -0.0604. The molecule has 0 aromatic heterocycles. The van der Waals surface area contributed by atoms with Crippen LogP contribution in [0.2, 0.25) is 0 Å². The largest absolute Gasteiger partial charge is 0.380 e. The number of piperidine rings is 1. The minimum Gasteiger partial charge on any atom is -0.380 e. The summed E-state index contributed by atoms with van der Waals surface area (Å²) < 4.78 is 0. The number of carbonyl (C=O) groups excluding carboxylic acids is 1. The van der Waals surface area contributed by atoms with Gasteiger partial charge in [0.15, 0.2) is 0 Å². The van der Waals surface area contributed by atoms with Crippen molar-refractivity contribution in [1.82, 2.24) is 15.1 Å². The molecule has 0 saturated carbocycles. The van der Waals surface area contributed by atoms with Crippen molar-refractivity contribution >= 4 is 5.91 Å². The molecule has 0 unspecified atom stereocenters. The fourth-order valence-corrected chi connectivity index (χ4v) is 2.62. The predicted octanol–water partition coefficient (Wildman–Crippen LogP) is -0.735. The summed E-state index contributed by atoms with van der Waals surface area (Å²) in [6, 6.07) is 0. The molecular weight excluding hydrogens is 218 g/mol. The van der Waals surface area contributed by atoms with E-state index in [0.717, 1.165) is 45.8 Å². The third kappa shape index (κ3) is 2.78. The van der Waals surface area contributed by atoms with Gasteiger partial charge in [-0.15, -0.1) is 0 Å². The van der Waals surface area contributed by atoms with Crippen LogP contribution >= 0.6 is 0 Å². The van der Waals surface area contributed by atoms with Crippen LogP contribution in [0.3, 0.4) is 0 Å². The zero-order chi connectivity index (χ0) is 12.3. The van der Waals surface area contributed by atoms with Gasteiger partial charge in [-0.2, -0.15) is 0 Å². The van der Waals surface area contributed by atoms with E-state index in [9.17, 15) is 9.90 Å². The van der Waals surface area contributed by atoms with Crippen LogP contribution in [0.5, 0.6) is 0 Å². The van der Waals surface area contributed by atoms with Gasteiger partial charge in [0.1, 0.15) is 5.60 Å².